The number of esters is 1. The highest BCUT2D eigenvalue weighted by Crippen LogP contribution is 2.48. The predicted octanol–water partition coefficient (Wildman–Crippen LogP) is 2.93. The van der Waals surface area contributed by atoms with Crippen LogP contribution in [0.4, 0.5) is 11.4 Å². The van der Waals surface area contributed by atoms with Crippen LogP contribution < -0.4 is 10.6 Å². The monoisotopic (exact) mass is 288 g/mol. The fourth-order valence-corrected chi connectivity index (χ4v) is 4.21. The molecular weight excluding hydrogens is 264 g/mol. The quantitative estimate of drug-likeness (QED) is 0.683. The van der Waals surface area contributed by atoms with Crippen molar-refractivity contribution >= 4 is 17.3 Å². The molecule has 114 valence electrons. The number of hydrogen-bond donors (Lipinski definition) is 1. The third-order valence-corrected chi connectivity index (χ3v) is 5.23. The van der Waals surface area contributed by atoms with Crippen LogP contribution in [0.2, 0.25) is 0 Å². The van der Waals surface area contributed by atoms with Gasteiger partial charge in [0, 0.05) is 19.3 Å². The van der Waals surface area contributed by atoms with Crippen molar-refractivity contribution in [3.63, 3.8) is 0 Å². The SMILES string of the molecule is COC(=O)c1cc(N)ccc1N(C)CC1CC2CCC1C2. The summed E-state index contributed by atoms with van der Waals surface area (Å²) < 4.78 is 4.88. The van der Waals surface area contributed by atoms with Gasteiger partial charge < -0.3 is 15.4 Å². The van der Waals surface area contributed by atoms with Gasteiger partial charge >= 0.3 is 5.97 Å². The van der Waals surface area contributed by atoms with Crippen LogP contribution in [0.5, 0.6) is 0 Å². The normalized spacial score (nSPS) is 26.9. The van der Waals surface area contributed by atoms with Crippen LogP contribution in [-0.2, 0) is 4.74 Å². The first-order chi connectivity index (χ1) is 10.1. The molecule has 2 fully saturated rings. The summed E-state index contributed by atoms with van der Waals surface area (Å²) in [5.74, 6) is 2.27. The van der Waals surface area contributed by atoms with Crippen molar-refractivity contribution in [2.75, 3.05) is 31.3 Å². The standard InChI is InChI=1S/C17H24N2O2/c1-19(10-13-8-11-3-4-12(13)7-11)16-6-5-14(18)9-15(16)17(20)21-2/h5-6,9,11-13H,3-4,7-8,10,18H2,1-2H3. The molecule has 2 aliphatic rings. The van der Waals surface area contributed by atoms with Crippen molar-refractivity contribution < 1.29 is 9.53 Å². The molecule has 0 spiro atoms. The maximum atomic E-state index is 12.0. The van der Waals surface area contributed by atoms with E-state index in [0.29, 0.717) is 11.3 Å². The summed E-state index contributed by atoms with van der Waals surface area (Å²) in [4.78, 5) is 14.1. The van der Waals surface area contributed by atoms with Gasteiger partial charge in [-0.3, -0.25) is 0 Å². The number of anilines is 2. The Balaban J connectivity index is 1.77. The number of benzene rings is 1. The lowest BCUT2D eigenvalue weighted by Crippen LogP contribution is -2.29. The molecule has 0 amide bonds. The summed E-state index contributed by atoms with van der Waals surface area (Å²) in [6.45, 7) is 1.01. The molecule has 2 aliphatic carbocycles. The molecule has 0 aliphatic heterocycles. The minimum atomic E-state index is -0.322. The molecule has 2 saturated carbocycles. The summed E-state index contributed by atoms with van der Waals surface area (Å²) in [5, 5.41) is 0. The number of fused-ring (bicyclic) bond motifs is 2. The first-order valence-electron chi connectivity index (χ1n) is 7.77. The third kappa shape index (κ3) is 2.71. The lowest BCUT2D eigenvalue weighted by molar-refractivity contribution is 0.0601. The second-order valence-corrected chi connectivity index (χ2v) is 6.58. The molecule has 1 aromatic rings. The van der Waals surface area contributed by atoms with E-state index in [1.807, 2.05) is 12.1 Å². The van der Waals surface area contributed by atoms with Gasteiger partial charge in [0.05, 0.1) is 18.4 Å². The van der Waals surface area contributed by atoms with Gasteiger partial charge in [-0.1, -0.05) is 6.42 Å². The van der Waals surface area contributed by atoms with Crippen LogP contribution in [0.1, 0.15) is 36.0 Å². The average molecular weight is 288 g/mol. The van der Waals surface area contributed by atoms with E-state index in [0.717, 1.165) is 30.0 Å². The Kier molecular flexibility index (Phi) is 3.79. The molecule has 0 aromatic heterocycles. The number of nitrogens with zero attached hydrogens (tertiary/aromatic N) is 1. The van der Waals surface area contributed by atoms with E-state index in [9.17, 15) is 4.79 Å². The molecule has 2 bridgehead atoms. The molecule has 3 unspecified atom stereocenters. The zero-order valence-corrected chi connectivity index (χ0v) is 12.8. The van der Waals surface area contributed by atoms with E-state index < -0.39 is 0 Å². The van der Waals surface area contributed by atoms with Gasteiger partial charge in [-0.25, -0.2) is 4.79 Å². The molecule has 3 atom stereocenters. The van der Waals surface area contributed by atoms with Gasteiger partial charge in [-0.05, 0) is 55.2 Å². The van der Waals surface area contributed by atoms with E-state index >= 15 is 0 Å². The largest absolute Gasteiger partial charge is 0.465 e. The van der Waals surface area contributed by atoms with E-state index in [1.165, 1.54) is 32.8 Å². The van der Waals surface area contributed by atoms with Crippen molar-refractivity contribution in [2.24, 2.45) is 17.8 Å². The van der Waals surface area contributed by atoms with Crippen molar-refractivity contribution in [1.82, 2.24) is 0 Å². The zero-order valence-electron chi connectivity index (χ0n) is 12.8. The minimum absolute atomic E-state index is 0.322. The van der Waals surface area contributed by atoms with Gasteiger partial charge in [-0.15, -0.1) is 0 Å². The molecule has 1 aromatic carbocycles. The molecule has 2 N–H and O–H groups in total. The summed E-state index contributed by atoms with van der Waals surface area (Å²) >= 11 is 0. The third-order valence-electron chi connectivity index (χ3n) is 5.23. The Bertz CT molecular complexity index is 544. The first kappa shape index (κ1) is 14.2. The van der Waals surface area contributed by atoms with Crippen LogP contribution in [-0.4, -0.2) is 26.7 Å². The Morgan fingerprint density at radius 3 is 2.81 bits per heavy atom. The number of methoxy groups -OCH3 is 1. The van der Waals surface area contributed by atoms with Gasteiger partial charge in [0.25, 0.3) is 0 Å². The smallest absolute Gasteiger partial charge is 0.340 e. The van der Waals surface area contributed by atoms with Crippen LogP contribution in [0.15, 0.2) is 18.2 Å². The number of rotatable bonds is 4. The van der Waals surface area contributed by atoms with Crippen molar-refractivity contribution in [2.45, 2.75) is 25.7 Å². The predicted molar refractivity (Wildman–Crippen MR) is 84.4 cm³/mol. The second-order valence-electron chi connectivity index (χ2n) is 6.58. The van der Waals surface area contributed by atoms with E-state index in [1.54, 1.807) is 6.07 Å². The molecule has 0 heterocycles. The van der Waals surface area contributed by atoms with Crippen molar-refractivity contribution in [1.29, 1.82) is 0 Å². The van der Waals surface area contributed by atoms with Crippen LogP contribution in [0.25, 0.3) is 0 Å². The Morgan fingerprint density at radius 2 is 2.19 bits per heavy atom. The number of carbonyl (C=O) groups excluding carboxylic acids is 1. The van der Waals surface area contributed by atoms with Gasteiger partial charge in [0.2, 0.25) is 0 Å². The topological polar surface area (TPSA) is 55.6 Å². The molecule has 0 saturated heterocycles. The fourth-order valence-electron chi connectivity index (χ4n) is 4.21. The second kappa shape index (κ2) is 5.58. The van der Waals surface area contributed by atoms with Crippen molar-refractivity contribution in [3.8, 4) is 0 Å². The van der Waals surface area contributed by atoms with Crippen LogP contribution in [0.3, 0.4) is 0 Å². The highest BCUT2D eigenvalue weighted by molar-refractivity contribution is 5.96. The first-order valence-corrected chi connectivity index (χ1v) is 7.77. The van der Waals surface area contributed by atoms with Crippen molar-refractivity contribution in [3.05, 3.63) is 23.8 Å². The van der Waals surface area contributed by atoms with Gasteiger partial charge in [0.15, 0.2) is 0 Å². The zero-order chi connectivity index (χ0) is 15.0. The van der Waals surface area contributed by atoms with E-state index in [-0.39, 0.29) is 5.97 Å². The van der Waals surface area contributed by atoms with Gasteiger partial charge in [-0.2, -0.15) is 0 Å². The van der Waals surface area contributed by atoms with Crippen LogP contribution >= 0.6 is 0 Å². The summed E-state index contributed by atoms with van der Waals surface area (Å²) in [7, 11) is 3.47. The maximum Gasteiger partial charge on any atom is 0.340 e. The Labute approximate surface area is 126 Å². The van der Waals surface area contributed by atoms with E-state index in [2.05, 4.69) is 11.9 Å². The van der Waals surface area contributed by atoms with Crippen LogP contribution in [0, 0.1) is 17.8 Å². The number of nitrogens with two attached hydrogens (primary N) is 1. The number of hydrogen-bond acceptors (Lipinski definition) is 4. The number of ether oxygens (including phenoxy) is 1. The summed E-state index contributed by atoms with van der Waals surface area (Å²) in [6.07, 6.45) is 5.55. The summed E-state index contributed by atoms with van der Waals surface area (Å²) in [6, 6.07) is 5.48. The van der Waals surface area contributed by atoms with E-state index in [4.69, 9.17) is 10.5 Å². The highest BCUT2D eigenvalue weighted by atomic mass is 16.5. The number of carbonyl (C=O) groups is 1. The number of nitrogen functional groups attached to an aromatic ring is 1. The molecule has 3 rings (SSSR count). The lowest BCUT2D eigenvalue weighted by atomic mass is 9.88. The lowest BCUT2D eigenvalue weighted by Gasteiger charge is -2.29. The molecule has 21 heavy (non-hydrogen) atoms. The maximum absolute atomic E-state index is 12.0. The van der Waals surface area contributed by atoms with Gasteiger partial charge in [0.1, 0.15) is 0 Å². The minimum Gasteiger partial charge on any atom is -0.465 e. The molecule has 4 nitrogen and oxygen atoms in total. The average Bonchev–Trinajstić information content (AvgIpc) is 3.08. The molecule has 4 heteroatoms. The molecular formula is C17H24N2O2. The highest BCUT2D eigenvalue weighted by Gasteiger charge is 2.39. The summed E-state index contributed by atoms with van der Waals surface area (Å²) in [5.41, 5.74) is 7.87. The fraction of sp³-hybridized carbons (Fsp3) is 0.588. The molecule has 0 radical (unpaired) electrons. The Morgan fingerprint density at radius 1 is 1.38 bits per heavy atom. The Hall–Kier alpha value is -1.71.